The Kier molecular flexibility index (Phi) is 4.61. The second-order valence-electron chi connectivity index (χ2n) is 5.91. The average molecular weight is 341 g/mol. The van der Waals surface area contributed by atoms with Crippen molar-refractivity contribution in [3.05, 3.63) is 47.0 Å². The zero-order valence-corrected chi connectivity index (χ0v) is 14.3. The highest BCUT2D eigenvalue weighted by atomic mass is 16.7. The molecule has 1 N–H and O–H groups in total. The summed E-state index contributed by atoms with van der Waals surface area (Å²) in [6, 6.07) is 8.91. The molecule has 0 unspecified atom stereocenters. The highest BCUT2D eigenvalue weighted by Gasteiger charge is 2.20. The van der Waals surface area contributed by atoms with Crippen molar-refractivity contribution in [1.29, 1.82) is 0 Å². The van der Waals surface area contributed by atoms with Crippen LogP contribution < -0.4 is 19.5 Å². The van der Waals surface area contributed by atoms with Gasteiger partial charge < -0.3 is 19.5 Å². The molecule has 6 nitrogen and oxygen atoms in total. The third-order valence-electron chi connectivity index (χ3n) is 3.86. The Morgan fingerprint density at radius 3 is 2.52 bits per heavy atom. The van der Waals surface area contributed by atoms with E-state index >= 15 is 0 Å². The predicted molar refractivity (Wildman–Crippen MR) is 92.6 cm³/mol. The Morgan fingerprint density at radius 1 is 1.12 bits per heavy atom. The van der Waals surface area contributed by atoms with Crippen molar-refractivity contribution in [3.8, 4) is 17.2 Å². The van der Waals surface area contributed by atoms with Crippen molar-refractivity contribution in [3.63, 3.8) is 0 Å². The Balaban J connectivity index is 1.71. The van der Waals surface area contributed by atoms with Gasteiger partial charge in [-0.15, -0.1) is 0 Å². The topological polar surface area (TPSA) is 73.9 Å². The number of aryl methyl sites for hydroxylation is 2. The molecule has 1 aliphatic heterocycles. The number of amides is 1. The van der Waals surface area contributed by atoms with Crippen LogP contribution in [0.15, 0.2) is 30.3 Å². The molecular weight excluding hydrogens is 322 g/mol. The maximum atomic E-state index is 12.2. The fourth-order valence-electron chi connectivity index (χ4n) is 2.63. The van der Waals surface area contributed by atoms with Crippen molar-refractivity contribution in [2.75, 3.05) is 18.7 Å². The first-order valence-electron chi connectivity index (χ1n) is 7.88. The van der Waals surface area contributed by atoms with Gasteiger partial charge in [0.2, 0.25) is 6.79 Å². The summed E-state index contributed by atoms with van der Waals surface area (Å²) in [5.41, 5.74) is 2.83. The summed E-state index contributed by atoms with van der Waals surface area (Å²) in [5, 5.41) is 2.70. The molecule has 25 heavy (non-hydrogen) atoms. The molecule has 130 valence electrons. The first-order chi connectivity index (χ1) is 11.9. The van der Waals surface area contributed by atoms with E-state index in [1.165, 1.54) is 6.92 Å². The van der Waals surface area contributed by atoms with Crippen LogP contribution in [0.4, 0.5) is 5.69 Å². The first kappa shape index (κ1) is 16.8. The second kappa shape index (κ2) is 6.84. The molecule has 0 atom stereocenters. The monoisotopic (exact) mass is 341 g/mol. The predicted octanol–water partition coefficient (Wildman–Crippen LogP) is 3.25. The summed E-state index contributed by atoms with van der Waals surface area (Å²) in [5.74, 6) is 1.11. The number of carbonyl (C=O) groups is 2. The van der Waals surface area contributed by atoms with Gasteiger partial charge in [0.05, 0.1) is 5.69 Å². The van der Waals surface area contributed by atoms with Gasteiger partial charge in [-0.25, -0.2) is 0 Å². The Bertz CT molecular complexity index is 844. The van der Waals surface area contributed by atoms with Gasteiger partial charge >= 0.3 is 0 Å². The van der Waals surface area contributed by atoms with Gasteiger partial charge in [-0.2, -0.15) is 0 Å². The van der Waals surface area contributed by atoms with Crippen LogP contribution in [-0.2, 0) is 4.79 Å². The number of fused-ring (bicyclic) bond motifs is 1. The van der Waals surface area contributed by atoms with Gasteiger partial charge in [0.1, 0.15) is 5.75 Å². The number of hydrogen-bond donors (Lipinski definition) is 1. The van der Waals surface area contributed by atoms with Crippen LogP contribution in [0.2, 0.25) is 0 Å². The summed E-state index contributed by atoms with van der Waals surface area (Å²) in [4.78, 5) is 24.0. The summed E-state index contributed by atoms with van der Waals surface area (Å²) in [6.07, 6.45) is 0. The highest BCUT2D eigenvalue weighted by Crippen LogP contribution is 2.37. The minimum atomic E-state index is -0.360. The molecule has 0 aliphatic carbocycles. The average Bonchev–Trinajstić information content (AvgIpc) is 3.00. The van der Waals surface area contributed by atoms with E-state index in [1.807, 2.05) is 32.0 Å². The maximum Gasteiger partial charge on any atom is 0.262 e. The van der Waals surface area contributed by atoms with E-state index in [-0.39, 0.29) is 25.1 Å². The van der Waals surface area contributed by atoms with Crippen LogP contribution in [0.1, 0.15) is 28.4 Å². The van der Waals surface area contributed by atoms with Crippen LogP contribution in [0.25, 0.3) is 0 Å². The second-order valence-corrected chi connectivity index (χ2v) is 5.91. The largest absolute Gasteiger partial charge is 0.483 e. The van der Waals surface area contributed by atoms with E-state index in [9.17, 15) is 9.59 Å². The number of nitrogens with one attached hydrogen (secondary N) is 1. The lowest BCUT2D eigenvalue weighted by Gasteiger charge is -2.12. The summed E-state index contributed by atoms with van der Waals surface area (Å²) in [6.45, 7) is 5.28. The Morgan fingerprint density at radius 2 is 1.84 bits per heavy atom. The van der Waals surface area contributed by atoms with Crippen molar-refractivity contribution in [2.45, 2.75) is 20.8 Å². The summed E-state index contributed by atoms with van der Waals surface area (Å²) in [7, 11) is 0. The normalized spacial score (nSPS) is 12.0. The lowest BCUT2D eigenvalue weighted by atomic mass is 10.1. The number of ether oxygens (including phenoxy) is 3. The minimum absolute atomic E-state index is 0.0971. The summed E-state index contributed by atoms with van der Waals surface area (Å²) >= 11 is 0. The standard InChI is InChI=1S/C19H19NO5/c1-11-4-5-16(12(2)6-11)23-9-19(22)20-15-8-18-17(24-10-25-18)7-14(15)13(3)21/h4-8H,9-10H2,1-3H3,(H,20,22). The van der Waals surface area contributed by atoms with Gasteiger partial charge in [-0.3, -0.25) is 9.59 Å². The highest BCUT2D eigenvalue weighted by molar-refractivity contribution is 6.04. The van der Waals surface area contributed by atoms with E-state index in [1.54, 1.807) is 12.1 Å². The minimum Gasteiger partial charge on any atom is -0.483 e. The summed E-state index contributed by atoms with van der Waals surface area (Å²) < 4.78 is 16.1. The Hall–Kier alpha value is -3.02. The van der Waals surface area contributed by atoms with E-state index in [0.717, 1.165) is 11.1 Å². The van der Waals surface area contributed by atoms with Crippen LogP contribution >= 0.6 is 0 Å². The van der Waals surface area contributed by atoms with Gasteiger partial charge in [0.15, 0.2) is 23.9 Å². The molecule has 0 spiro atoms. The number of carbonyl (C=O) groups excluding carboxylic acids is 2. The molecule has 0 aromatic heterocycles. The van der Waals surface area contributed by atoms with E-state index in [0.29, 0.717) is 28.5 Å². The lowest BCUT2D eigenvalue weighted by molar-refractivity contribution is -0.118. The number of hydrogen-bond acceptors (Lipinski definition) is 5. The number of Topliss-reactive ketones (excluding diaryl/α,β-unsaturated/α-hetero) is 1. The van der Waals surface area contributed by atoms with Crippen LogP contribution in [0.5, 0.6) is 17.2 Å². The first-order valence-corrected chi connectivity index (χ1v) is 7.88. The van der Waals surface area contributed by atoms with Gasteiger partial charge in [0, 0.05) is 11.6 Å². The molecule has 2 aromatic rings. The number of anilines is 1. The maximum absolute atomic E-state index is 12.2. The quantitative estimate of drug-likeness (QED) is 0.845. The molecule has 1 amide bonds. The molecule has 0 fully saturated rings. The van der Waals surface area contributed by atoms with E-state index in [2.05, 4.69) is 5.32 Å². The van der Waals surface area contributed by atoms with Crippen LogP contribution in [-0.4, -0.2) is 25.1 Å². The SMILES string of the molecule is CC(=O)c1cc2c(cc1NC(=O)COc1ccc(C)cc1C)OCO2. The van der Waals surface area contributed by atoms with Crippen molar-refractivity contribution in [1.82, 2.24) is 0 Å². The zero-order chi connectivity index (χ0) is 18.0. The molecule has 1 heterocycles. The number of ketones is 1. The smallest absolute Gasteiger partial charge is 0.262 e. The van der Waals surface area contributed by atoms with E-state index < -0.39 is 0 Å². The lowest BCUT2D eigenvalue weighted by Crippen LogP contribution is -2.21. The van der Waals surface area contributed by atoms with Crippen molar-refractivity contribution >= 4 is 17.4 Å². The molecule has 2 aromatic carbocycles. The molecular formula is C19H19NO5. The fourth-order valence-corrected chi connectivity index (χ4v) is 2.63. The molecule has 0 bridgehead atoms. The van der Waals surface area contributed by atoms with Crippen LogP contribution in [0, 0.1) is 13.8 Å². The van der Waals surface area contributed by atoms with Crippen molar-refractivity contribution < 1.29 is 23.8 Å². The van der Waals surface area contributed by atoms with Gasteiger partial charge in [-0.05, 0) is 38.5 Å². The molecule has 1 aliphatic rings. The number of rotatable bonds is 5. The molecule has 3 rings (SSSR count). The van der Waals surface area contributed by atoms with Crippen molar-refractivity contribution in [2.24, 2.45) is 0 Å². The molecule has 0 saturated carbocycles. The van der Waals surface area contributed by atoms with Crippen LogP contribution in [0.3, 0.4) is 0 Å². The third kappa shape index (κ3) is 3.74. The molecule has 0 saturated heterocycles. The third-order valence-corrected chi connectivity index (χ3v) is 3.86. The molecule has 0 radical (unpaired) electrons. The fraction of sp³-hybridized carbons (Fsp3) is 0.263. The number of benzene rings is 2. The zero-order valence-electron chi connectivity index (χ0n) is 14.3. The van der Waals surface area contributed by atoms with Gasteiger partial charge in [-0.1, -0.05) is 17.7 Å². The van der Waals surface area contributed by atoms with Gasteiger partial charge in [0.25, 0.3) is 5.91 Å². The Labute approximate surface area is 145 Å². The van der Waals surface area contributed by atoms with E-state index in [4.69, 9.17) is 14.2 Å². The molecule has 6 heteroatoms.